The SMILES string of the molecule is CC(C)(C)CN1c2ccccc2NS1(=O)=O. The zero-order valence-electron chi connectivity index (χ0n) is 9.69. The molecule has 0 unspecified atom stereocenters. The molecule has 1 aliphatic heterocycles. The van der Waals surface area contributed by atoms with Crippen LogP contribution in [0.25, 0.3) is 0 Å². The van der Waals surface area contributed by atoms with Crippen molar-refractivity contribution in [3.8, 4) is 0 Å². The number of hydrogen-bond donors (Lipinski definition) is 1. The largest absolute Gasteiger partial charge is 0.324 e. The van der Waals surface area contributed by atoms with E-state index in [-0.39, 0.29) is 5.41 Å². The van der Waals surface area contributed by atoms with E-state index in [4.69, 9.17) is 0 Å². The summed E-state index contributed by atoms with van der Waals surface area (Å²) in [6, 6.07) is 7.26. The molecule has 0 saturated heterocycles. The molecular weight excluding hydrogens is 224 g/mol. The molecule has 16 heavy (non-hydrogen) atoms. The van der Waals surface area contributed by atoms with Crippen LogP contribution < -0.4 is 9.03 Å². The number of nitrogens with zero attached hydrogens (tertiary/aromatic N) is 1. The average molecular weight is 240 g/mol. The molecule has 1 aliphatic rings. The summed E-state index contributed by atoms with van der Waals surface area (Å²) in [6.07, 6.45) is 0. The predicted molar refractivity (Wildman–Crippen MR) is 65.8 cm³/mol. The summed E-state index contributed by atoms with van der Waals surface area (Å²) < 4.78 is 27.8. The number of rotatable bonds is 1. The molecule has 88 valence electrons. The number of anilines is 2. The monoisotopic (exact) mass is 240 g/mol. The van der Waals surface area contributed by atoms with Gasteiger partial charge in [-0.2, -0.15) is 8.42 Å². The lowest BCUT2D eigenvalue weighted by Crippen LogP contribution is -2.36. The minimum atomic E-state index is -3.40. The Bertz CT molecular complexity index is 503. The van der Waals surface area contributed by atoms with Gasteiger partial charge in [0.05, 0.1) is 11.4 Å². The van der Waals surface area contributed by atoms with Crippen LogP contribution in [0.15, 0.2) is 24.3 Å². The first kappa shape index (κ1) is 11.3. The zero-order chi connectivity index (χ0) is 12.0. The van der Waals surface area contributed by atoms with E-state index < -0.39 is 10.2 Å². The lowest BCUT2D eigenvalue weighted by Gasteiger charge is -2.26. The molecule has 1 aromatic rings. The van der Waals surface area contributed by atoms with E-state index in [0.29, 0.717) is 12.2 Å². The second-order valence-electron chi connectivity index (χ2n) is 5.19. The minimum Gasteiger partial charge on any atom is -0.264 e. The Kier molecular flexibility index (Phi) is 2.38. The van der Waals surface area contributed by atoms with Crippen LogP contribution in [-0.4, -0.2) is 15.0 Å². The fourth-order valence-corrected chi connectivity index (χ4v) is 3.24. The Hall–Kier alpha value is -1.23. The normalized spacial score (nSPS) is 18.1. The topological polar surface area (TPSA) is 49.4 Å². The van der Waals surface area contributed by atoms with Gasteiger partial charge in [0.25, 0.3) is 0 Å². The number of benzene rings is 1. The maximum Gasteiger partial charge on any atom is 0.324 e. The fraction of sp³-hybridized carbons (Fsp3) is 0.455. The van der Waals surface area contributed by atoms with Crippen LogP contribution in [0.5, 0.6) is 0 Å². The van der Waals surface area contributed by atoms with Crippen molar-refractivity contribution in [1.29, 1.82) is 0 Å². The van der Waals surface area contributed by atoms with Gasteiger partial charge in [-0.25, -0.2) is 0 Å². The van der Waals surface area contributed by atoms with Crippen LogP contribution in [0.1, 0.15) is 20.8 Å². The molecule has 1 N–H and O–H groups in total. The van der Waals surface area contributed by atoms with Crippen LogP contribution >= 0.6 is 0 Å². The van der Waals surface area contributed by atoms with Gasteiger partial charge in [-0.05, 0) is 17.5 Å². The number of hydrogen-bond acceptors (Lipinski definition) is 2. The van der Waals surface area contributed by atoms with Gasteiger partial charge in [0.1, 0.15) is 0 Å². The smallest absolute Gasteiger partial charge is 0.264 e. The van der Waals surface area contributed by atoms with E-state index >= 15 is 0 Å². The lowest BCUT2D eigenvalue weighted by molar-refractivity contribution is 0.427. The van der Waals surface area contributed by atoms with Gasteiger partial charge in [-0.3, -0.25) is 9.03 Å². The van der Waals surface area contributed by atoms with E-state index in [9.17, 15) is 8.42 Å². The van der Waals surface area contributed by atoms with Gasteiger partial charge >= 0.3 is 10.2 Å². The maximum atomic E-state index is 11.9. The van der Waals surface area contributed by atoms with E-state index in [2.05, 4.69) is 4.72 Å². The highest BCUT2D eigenvalue weighted by Gasteiger charge is 2.34. The molecule has 0 aromatic heterocycles. The van der Waals surface area contributed by atoms with Crippen molar-refractivity contribution in [3.63, 3.8) is 0 Å². The highest BCUT2D eigenvalue weighted by molar-refractivity contribution is 7.94. The summed E-state index contributed by atoms with van der Waals surface area (Å²) in [5.41, 5.74) is 1.32. The highest BCUT2D eigenvalue weighted by Crippen LogP contribution is 2.37. The van der Waals surface area contributed by atoms with Crippen LogP contribution in [0.2, 0.25) is 0 Å². The molecule has 1 heterocycles. The van der Waals surface area contributed by atoms with Crippen molar-refractivity contribution in [1.82, 2.24) is 0 Å². The summed E-state index contributed by atoms with van der Waals surface area (Å²) in [6.45, 7) is 6.52. The first-order valence-electron chi connectivity index (χ1n) is 5.19. The van der Waals surface area contributed by atoms with Crippen molar-refractivity contribution in [3.05, 3.63) is 24.3 Å². The third-order valence-corrected chi connectivity index (χ3v) is 3.70. The highest BCUT2D eigenvalue weighted by atomic mass is 32.2. The quantitative estimate of drug-likeness (QED) is 0.818. The van der Waals surface area contributed by atoms with Crippen molar-refractivity contribution in [2.75, 3.05) is 15.6 Å². The fourth-order valence-electron chi connectivity index (χ4n) is 1.70. The number of para-hydroxylation sites is 2. The molecule has 2 rings (SSSR count). The molecule has 0 fully saturated rings. The van der Waals surface area contributed by atoms with Gasteiger partial charge in [0.2, 0.25) is 0 Å². The molecule has 5 heteroatoms. The molecule has 1 aromatic carbocycles. The van der Waals surface area contributed by atoms with Crippen LogP contribution in [0.4, 0.5) is 11.4 Å². The third kappa shape index (κ3) is 2.00. The van der Waals surface area contributed by atoms with Crippen LogP contribution in [0.3, 0.4) is 0 Å². The van der Waals surface area contributed by atoms with Crippen LogP contribution in [-0.2, 0) is 10.2 Å². The minimum absolute atomic E-state index is 0.0772. The van der Waals surface area contributed by atoms with E-state index in [1.54, 1.807) is 6.07 Å². The summed E-state index contributed by atoms with van der Waals surface area (Å²) >= 11 is 0. The van der Waals surface area contributed by atoms with Gasteiger partial charge < -0.3 is 0 Å². The second-order valence-corrected chi connectivity index (χ2v) is 6.79. The first-order chi connectivity index (χ1) is 7.30. The summed E-state index contributed by atoms with van der Waals surface area (Å²) in [7, 11) is -3.40. The summed E-state index contributed by atoms with van der Waals surface area (Å²) in [5.74, 6) is 0. The van der Waals surface area contributed by atoms with Crippen molar-refractivity contribution in [2.45, 2.75) is 20.8 Å². The number of fused-ring (bicyclic) bond motifs is 1. The number of nitrogens with one attached hydrogen (secondary N) is 1. The molecule has 0 aliphatic carbocycles. The van der Waals surface area contributed by atoms with E-state index in [1.807, 2.05) is 39.0 Å². The van der Waals surface area contributed by atoms with Gasteiger partial charge in [-0.1, -0.05) is 32.9 Å². The molecule has 4 nitrogen and oxygen atoms in total. The van der Waals surface area contributed by atoms with Gasteiger partial charge in [-0.15, -0.1) is 0 Å². The zero-order valence-corrected chi connectivity index (χ0v) is 10.5. The lowest BCUT2D eigenvalue weighted by atomic mass is 9.97. The molecule has 0 amide bonds. The first-order valence-corrected chi connectivity index (χ1v) is 6.63. The van der Waals surface area contributed by atoms with Gasteiger partial charge in [0.15, 0.2) is 0 Å². The molecule has 0 atom stereocenters. The molecule has 0 radical (unpaired) electrons. The summed E-state index contributed by atoms with van der Waals surface area (Å²) in [4.78, 5) is 0. The van der Waals surface area contributed by atoms with Gasteiger partial charge in [0, 0.05) is 6.54 Å². The Morgan fingerprint density at radius 3 is 2.50 bits per heavy atom. The van der Waals surface area contributed by atoms with E-state index in [1.165, 1.54) is 4.31 Å². The predicted octanol–water partition coefficient (Wildman–Crippen LogP) is 2.21. The average Bonchev–Trinajstić information content (AvgIpc) is 2.36. The van der Waals surface area contributed by atoms with Crippen LogP contribution in [0, 0.1) is 5.41 Å². The third-order valence-electron chi connectivity index (χ3n) is 2.32. The molecular formula is C11H16N2O2S. The Morgan fingerprint density at radius 2 is 1.88 bits per heavy atom. The molecule has 0 spiro atoms. The van der Waals surface area contributed by atoms with Crippen molar-refractivity contribution >= 4 is 21.6 Å². The Morgan fingerprint density at radius 1 is 1.25 bits per heavy atom. The summed E-state index contributed by atoms with van der Waals surface area (Å²) in [5, 5.41) is 0. The Labute approximate surface area is 96.5 Å². The van der Waals surface area contributed by atoms with Crippen molar-refractivity contribution < 1.29 is 8.42 Å². The van der Waals surface area contributed by atoms with Crippen molar-refractivity contribution in [2.24, 2.45) is 5.41 Å². The van der Waals surface area contributed by atoms with E-state index in [0.717, 1.165) is 5.69 Å². The maximum absolute atomic E-state index is 11.9. The molecule has 0 bridgehead atoms. The molecule has 0 saturated carbocycles. The second kappa shape index (κ2) is 3.38. The Balaban J connectivity index is 2.44. The standard InChI is InChI=1S/C11H16N2O2S/c1-11(2,3)8-13-10-7-5-4-6-9(10)12-16(13,14)15/h4-7,12H,8H2,1-3H3.